The van der Waals surface area contributed by atoms with Gasteiger partial charge in [-0.05, 0) is 19.1 Å². The van der Waals surface area contributed by atoms with Gasteiger partial charge in [-0.2, -0.15) is 8.42 Å². The van der Waals surface area contributed by atoms with Gasteiger partial charge in [0.25, 0.3) is 10.1 Å². The van der Waals surface area contributed by atoms with Crippen LogP contribution in [0.5, 0.6) is 0 Å². The van der Waals surface area contributed by atoms with E-state index in [2.05, 4.69) is 0 Å². The maximum atomic E-state index is 12.2. The maximum absolute atomic E-state index is 12.2. The Bertz CT molecular complexity index is 836. The number of ether oxygens (including phenoxy) is 2. The SMILES string of the molecule is Cc1ccc(S(=O)(=O)OC[C@H](O)[C@@H]2OC(c3ccccc3)OC[C@@H]2O)cc1. The fourth-order valence-corrected chi connectivity index (χ4v) is 3.64. The van der Waals surface area contributed by atoms with Crippen molar-refractivity contribution in [2.24, 2.45) is 0 Å². The van der Waals surface area contributed by atoms with Crippen LogP contribution in [0.4, 0.5) is 0 Å². The minimum atomic E-state index is -4.02. The first-order valence-electron chi connectivity index (χ1n) is 8.51. The van der Waals surface area contributed by atoms with Crippen molar-refractivity contribution >= 4 is 10.1 Å². The molecule has 146 valence electrons. The van der Waals surface area contributed by atoms with E-state index >= 15 is 0 Å². The van der Waals surface area contributed by atoms with Crippen LogP contribution in [0.3, 0.4) is 0 Å². The van der Waals surface area contributed by atoms with Gasteiger partial charge in [-0.1, -0.05) is 48.0 Å². The molecule has 0 amide bonds. The van der Waals surface area contributed by atoms with Crippen LogP contribution >= 0.6 is 0 Å². The molecule has 0 aliphatic carbocycles. The van der Waals surface area contributed by atoms with Gasteiger partial charge in [0.05, 0.1) is 18.1 Å². The van der Waals surface area contributed by atoms with Crippen molar-refractivity contribution in [2.75, 3.05) is 13.2 Å². The number of rotatable bonds is 6. The van der Waals surface area contributed by atoms with Crippen LogP contribution in [0.1, 0.15) is 17.4 Å². The Morgan fingerprint density at radius 2 is 1.81 bits per heavy atom. The summed E-state index contributed by atoms with van der Waals surface area (Å²) < 4.78 is 40.5. The van der Waals surface area contributed by atoms with Gasteiger partial charge in [-0.15, -0.1) is 0 Å². The molecule has 0 aromatic heterocycles. The zero-order valence-electron chi connectivity index (χ0n) is 14.8. The molecule has 4 atom stereocenters. The summed E-state index contributed by atoms with van der Waals surface area (Å²) in [5.41, 5.74) is 1.65. The second-order valence-corrected chi connectivity index (χ2v) is 7.98. The predicted molar refractivity (Wildman–Crippen MR) is 96.3 cm³/mol. The molecular weight excluding hydrogens is 372 g/mol. The number of aryl methyl sites for hydroxylation is 1. The van der Waals surface area contributed by atoms with Crippen LogP contribution in [0.2, 0.25) is 0 Å². The minimum absolute atomic E-state index is 0.00379. The van der Waals surface area contributed by atoms with E-state index in [-0.39, 0.29) is 11.5 Å². The van der Waals surface area contributed by atoms with E-state index in [9.17, 15) is 18.6 Å². The van der Waals surface area contributed by atoms with E-state index in [0.717, 1.165) is 11.1 Å². The van der Waals surface area contributed by atoms with Gasteiger partial charge in [0.1, 0.15) is 18.3 Å². The van der Waals surface area contributed by atoms with Gasteiger partial charge in [0, 0.05) is 5.56 Å². The molecule has 7 nitrogen and oxygen atoms in total. The van der Waals surface area contributed by atoms with E-state index in [1.54, 1.807) is 24.3 Å². The van der Waals surface area contributed by atoms with Gasteiger partial charge in [0.15, 0.2) is 6.29 Å². The lowest BCUT2D eigenvalue weighted by Crippen LogP contribution is -2.49. The summed E-state index contributed by atoms with van der Waals surface area (Å²) in [5, 5.41) is 20.4. The van der Waals surface area contributed by atoms with Crippen LogP contribution in [0.15, 0.2) is 59.5 Å². The van der Waals surface area contributed by atoms with E-state index < -0.39 is 41.3 Å². The zero-order chi connectivity index (χ0) is 19.4. The molecule has 3 rings (SSSR count). The molecule has 1 aliphatic heterocycles. The van der Waals surface area contributed by atoms with Crippen molar-refractivity contribution < 1.29 is 32.3 Å². The fraction of sp³-hybridized carbons (Fsp3) is 0.368. The second-order valence-electron chi connectivity index (χ2n) is 6.36. The Morgan fingerprint density at radius 3 is 2.48 bits per heavy atom. The van der Waals surface area contributed by atoms with E-state index in [0.29, 0.717) is 0 Å². The topological polar surface area (TPSA) is 102 Å². The van der Waals surface area contributed by atoms with E-state index in [1.165, 1.54) is 12.1 Å². The highest BCUT2D eigenvalue weighted by Gasteiger charge is 2.37. The molecule has 1 aliphatic rings. The number of aliphatic hydroxyl groups excluding tert-OH is 2. The van der Waals surface area contributed by atoms with Crippen LogP contribution in [-0.4, -0.2) is 50.2 Å². The van der Waals surface area contributed by atoms with Crippen molar-refractivity contribution in [2.45, 2.75) is 36.4 Å². The quantitative estimate of drug-likeness (QED) is 0.717. The summed E-state index contributed by atoms with van der Waals surface area (Å²) in [4.78, 5) is -0.00379. The number of hydrogen-bond acceptors (Lipinski definition) is 7. The third-order valence-corrected chi connectivity index (χ3v) is 5.53. The van der Waals surface area contributed by atoms with Crippen molar-refractivity contribution in [1.82, 2.24) is 0 Å². The first kappa shape index (κ1) is 19.9. The highest BCUT2D eigenvalue weighted by atomic mass is 32.2. The molecule has 2 aromatic carbocycles. The van der Waals surface area contributed by atoms with Crippen LogP contribution in [0.25, 0.3) is 0 Å². The van der Waals surface area contributed by atoms with Crippen molar-refractivity contribution in [1.29, 1.82) is 0 Å². The summed E-state index contributed by atoms with van der Waals surface area (Å²) in [6.07, 6.45) is -4.26. The summed E-state index contributed by atoms with van der Waals surface area (Å²) in [5.74, 6) is 0. The van der Waals surface area contributed by atoms with Crippen molar-refractivity contribution in [3.8, 4) is 0 Å². The predicted octanol–water partition coefficient (Wildman–Crippen LogP) is 1.54. The Kier molecular flexibility index (Phi) is 6.25. The largest absolute Gasteiger partial charge is 0.388 e. The second kappa shape index (κ2) is 8.47. The number of benzene rings is 2. The monoisotopic (exact) mass is 394 g/mol. The Labute approximate surface area is 158 Å². The summed E-state index contributed by atoms with van der Waals surface area (Å²) in [6.45, 7) is 1.25. The van der Waals surface area contributed by atoms with Gasteiger partial charge in [-0.25, -0.2) is 0 Å². The third-order valence-electron chi connectivity index (χ3n) is 4.23. The third kappa shape index (κ3) is 4.92. The van der Waals surface area contributed by atoms with Crippen LogP contribution in [0, 0.1) is 6.92 Å². The number of hydrogen-bond donors (Lipinski definition) is 2. The average molecular weight is 394 g/mol. The highest BCUT2D eigenvalue weighted by Crippen LogP contribution is 2.28. The molecule has 27 heavy (non-hydrogen) atoms. The Balaban J connectivity index is 1.64. The van der Waals surface area contributed by atoms with Crippen molar-refractivity contribution in [3.63, 3.8) is 0 Å². The van der Waals surface area contributed by atoms with Gasteiger partial charge >= 0.3 is 0 Å². The molecule has 0 spiro atoms. The molecule has 0 bridgehead atoms. The van der Waals surface area contributed by atoms with Crippen molar-refractivity contribution in [3.05, 3.63) is 65.7 Å². The van der Waals surface area contributed by atoms with Gasteiger partial charge in [-0.3, -0.25) is 4.18 Å². The molecule has 1 unspecified atom stereocenters. The Morgan fingerprint density at radius 1 is 1.15 bits per heavy atom. The Hall–Kier alpha value is -1.81. The van der Waals surface area contributed by atoms with E-state index in [4.69, 9.17) is 13.7 Å². The number of aliphatic hydroxyl groups is 2. The standard InChI is InChI=1S/C19H22O7S/c1-13-7-9-15(10-8-13)27(22,23)25-12-17(21)18-16(20)11-24-19(26-18)14-5-3-2-4-6-14/h2-10,16-21H,11-12H2,1H3/t16-,17-,18+,19?/m0/s1. The molecule has 0 saturated carbocycles. The molecule has 1 fully saturated rings. The molecule has 1 saturated heterocycles. The summed E-state index contributed by atoms with van der Waals surface area (Å²) in [7, 11) is -4.02. The smallest absolute Gasteiger partial charge is 0.297 e. The fourth-order valence-electron chi connectivity index (χ4n) is 2.71. The zero-order valence-corrected chi connectivity index (χ0v) is 15.6. The highest BCUT2D eigenvalue weighted by molar-refractivity contribution is 7.86. The molecular formula is C19H22O7S. The maximum Gasteiger partial charge on any atom is 0.297 e. The van der Waals surface area contributed by atoms with Crippen LogP contribution < -0.4 is 0 Å². The molecule has 0 radical (unpaired) electrons. The molecule has 2 aromatic rings. The van der Waals surface area contributed by atoms with Gasteiger partial charge < -0.3 is 19.7 Å². The normalized spacial score (nSPS) is 24.5. The summed E-state index contributed by atoms with van der Waals surface area (Å²) in [6, 6.07) is 15.2. The average Bonchev–Trinajstić information content (AvgIpc) is 2.67. The first-order chi connectivity index (χ1) is 12.9. The molecule has 8 heteroatoms. The lowest BCUT2D eigenvalue weighted by Gasteiger charge is -2.36. The lowest BCUT2D eigenvalue weighted by molar-refractivity contribution is -0.277. The lowest BCUT2D eigenvalue weighted by atomic mass is 10.1. The minimum Gasteiger partial charge on any atom is -0.388 e. The molecule has 2 N–H and O–H groups in total. The van der Waals surface area contributed by atoms with E-state index in [1.807, 2.05) is 25.1 Å². The van der Waals surface area contributed by atoms with Crippen LogP contribution in [-0.2, 0) is 23.8 Å². The molecule has 1 heterocycles. The first-order valence-corrected chi connectivity index (χ1v) is 9.92. The summed E-state index contributed by atoms with van der Waals surface area (Å²) >= 11 is 0. The van der Waals surface area contributed by atoms with Gasteiger partial charge in [0.2, 0.25) is 0 Å².